The van der Waals surface area contributed by atoms with Crippen molar-refractivity contribution in [3.8, 4) is 11.6 Å². The second-order valence-electron chi connectivity index (χ2n) is 5.51. The topological polar surface area (TPSA) is 44.2 Å². The first-order valence-electron chi connectivity index (χ1n) is 7.77. The van der Waals surface area contributed by atoms with Gasteiger partial charge in [0.15, 0.2) is 5.82 Å². The molecule has 3 rings (SSSR count). The molecular formula is C18H18F2N2O2. The minimum absolute atomic E-state index is 0.0568. The zero-order chi connectivity index (χ0) is 16.9. The Labute approximate surface area is 139 Å². The summed E-state index contributed by atoms with van der Waals surface area (Å²) in [6.07, 6.45) is 3.41. The Morgan fingerprint density at radius 1 is 1.21 bits per heavy atom. The first-order chi connectivity index (χ1) is 11.7. The fraction of sp³-hybridized carbons (Fsp3) is 0.333. The number of methoxy groups -OCH3 is 1. The van der Waals surface area contributed by atoms with Crippen LogP contribution in [0.5, 0.6) is 11.6 Å². The normalized spacial score (nSPS) is 13.9. The number of alkyl halides is 2. The first-order valence-corrected chi connectivity index (χ1v) is 7.77. The summed E-state index contributed by atoms with van der Waals surface area (Å²) in [5.41, 5.74) is 1.55. The van der Waals surface area contributed by atoms with E-state index in [1.54, 1.807) is 19.2 Å². The highest BCUT2D eigenvalue weighted by molar-refractivity contribution is 5.62. The molecule has 1 aliphatic carbocycles. The molecule has 1 heterocycles. The van der Waals surface area contributed by atoms with Crippen LogP contribution in [0.15, 0.2) is 36.5 Å². The van der Waals surface area contributed by atoms with Gasteiger partial charge in [0.2, 0.25) is 5.88 Å². The van der Waals surface area contributed by atoms with E-state index in [0.717, 1.165) is 42.3 Å². The van der Waals surface area contributed by atoms with E-state index in [1.165, 1.54) is 0 Å². The van der Waals surface area contributed by atoms with Crippen LogP contribution in [0.4, 0.5) is 8.78 Å². The molecular weight excluding hydrogens is 314 g/mol. The van der Waals surface area contributed by atoms with Gasteiger partial charge >= 0.3 is 0 Å². The van der Waals surface area contributed by atoms with Crippen LogP contribution < -0.4 is 9.47 Å². The highest BCUT2D eigenvalue weighted by Gasteiger charge is 2.19. The molecule has 4 nitrogen and oxygen atoms in total. The Balaban J connectivity index is 1.79. The van der Waals surface area contributed by atoms with E-state index in [2.05, 4.69) is 9.97 Å². The number of aromatic nitrogens is 2. The van der Waals surface area contributed by atoms with E-state index in [-0.39, 0.29) is 18.1 Å². The third kappa shape index (κ3) is 3.69. The number of rotatable bonds is 6. The molecule has 1 aromatic carbocycles. The SMILES string of the molecule is COc1ccc(COc2nc(C3=CCCC3)ncc2C(F)F)cc1. The lowest BCUT2D eigenvalue weighted by Crippen LogP contribution is -2.05. The number of nitrogens with zero attached hydrogens (tertiary/aromatic N) is 2. The van der Waals surface area contributed by atoms with Gasteiger partial charge in [-0.2, -0.15) is 4.98 Å². The Bertz CT molecular complexity index is 730. The van der Waals surface area contributed by atoms with Gasteiger partial charge in [0.1, 0.15) is 12.4 Å². The number of hydrogen-bond acceptors (Lipinski definition) is 4. The Morgan fingerprint density at radius 3 is 2.62 bits per heavy atom. The van der Waals surface area contributed by atoms with Gasteiger partial charge in [-0.1, -0.05) is 18.2 Å². The van der Waals surface area contributed by atoms with Crippen molar-refractivity contribution in [2.45, 2.75) is 32.3 Å². The number of halogens is 2. The van der Waals surface area contributed by atoms with Crippen molar-refractivity contribution in [1.29, 1.82) is 0 Å². The van der Waals surface area contributed by atoms with Crippen LogP contribution >= 0.6 is 0 Å². The van der Waals surface area contributed by atoms with Gasteiger partial charge in [0.25, 0.3) is 6.43 Å². The molecule has 1 aliphatic rings. The number of hydrogen-bond donors (Lipinski definition) is 0. The van der Waals surface area contributed by atoms with Crippen LogP contribution in [-0.4, -0.2) is 17.1 Å². The lowest BCUT2D eigenvalue weighted by atomic mass is 10.2. The standard InChI is InChI=1S/C18H18F2N2O2/c1-23-14-8-6-12(7-9-14)11-24-18-15(16(19)20)10-21-17(22-18)13-4-2-3-5-13/h4,6-10,16H,2-3,5,11H2,1H3. The molecule has 0 radical (unpaired) electrons. The molecule has 0 N–H and O–H groups in total. The van der Waals surface area contributed by atoms with Gasteiger partial charge in [0.05, 0.1) is 12.7 Å². The molecule has 0 atom stereocenters. The lowest BCUT2D eigenvalue weighted by Gasteiger charge is -2.12. The maximum Gasteiger partial charge on any atom is 0.270 e. The summed E-state index contributed by atoms with van der Waals surface area (Å²) in [5, 5.41) is 0. The quantitative estimate of drug-likeness (QED) is 0.777. The summed E-state index contributed by atoms with van der Waals surface area (Å²) in [7, 11) is 1.58. The predicted molar refractivity (Wildman–Crippen MR) is 86.1 cm³/mol. The monoisotopic (exact) mass is 332 g/mol. The van der Waals surface area contributed by atoms with Crippen molar-refractivity contribution in [3.05, 3.63) is 53.5 Å². The molecule has 0 fully saturated rings. The molecule has 24 heavy (non-hydrogen) atoms. The number of ether oxygens (including phenoxy) is 2. The van der Waals surface area contributed by atoms with Crippen LogP contribution in [0, 0.1) is 0 Å². The van der Waals surface area contributed by atoms with E-state index < -0.39 is 6.43 Å². The molecule has 0 saturated heterocycles. The summed E-state index contributed by atoms with van der Waals surface area (Å²) in [6, 6.07) is 7.23. The van der Waals surface area contributed by atoms with Crippen molar-refractivity contribution in [2.24, 2.45) is 0 Å². The van der Waals surface area contributed by atoms with Gasteiger partial charge in [-0.3, -0.25) is 0 Å². The maximum atomic E-state index is 13.2. The summed E-state index contributed by atoms with van der Waals surface area (Å²) < 4.78 is 37.0. The van der Waals surface area contributed by atoms with E-state index in [1.807, 2.05) is 18.2 Å². The summed E-state index contributed by atoms with van der Waals surface area (Å²) in [6.45, 7) is 0.152. The summed E-state index contributed by atoms with van der Waals surface area (Å²) >= 11 is 0. The molecule has 2 aromatic rings. The van der Waals surface area contributed by atoms with Crippen molar-refractivity contribution in [1.82, 2.24) is 9.97 Å². The second-order valence-corrected chi connectivity index (χ2v) is 5.51. The van der Waals surface area contributed by atoms with Gasteiger partial charge in [-0.15, -0.1) is 0 Å². The van der Waals surface area contributed by atoms with Crippen LogP contribution in [0.2, 0.25) is 0 Å². The Kier molecular flexibility index (Phi) is 5.03. The molecule has 0 spiro atoms. The molecule has 126 valence electrons. The third-order valence-corrected chi connectivity index (χ3v) is 3.88. The lowest BCUT2D eigenvalue weighted by molar-refractivity contribution is 0.142. The average Bonchev–Trinajstić information content (AvgIpc) is 3.14. The fourth-order valence-electron chi connectivity index (χ4n) is 2.54. The molecule has 0 bridgehead atoms. The summed E-state index contributed by atoms with van der Waals surface area (Å²) in [5.74, 6) is 1.14. The van der Waals surface area contributed by atoms with Gasteiger partial charge in [-0.05, 0) is 42.5 Å². The van der Waals surface area contributed by atoms with Crippen LogP contribution in [0.25, 0.3) is 5.57 Å². The zero-order valence-electron chi connectivity index (χ0n) is 13.3. The van der Waals surface area contributed by atoms with Crippen molar-refractivity contribution < 1.29 is 18.3 Å². The summed E-state index contributed by atoms with van der Waals surface area (Å²) in [4.78, 5) is 8.28. The van der Waals surface area contributed by atoms with Gasteiger partial charge in [-0.25, -0.2) is 13.8 Å². The van der Waals surface area contributed by atoms with Gasteiger partial charge < -0.3 is 9.47 Å². The number of benzene rings is 1. The molecule has 0 saturated carbocycles. The average molecular weight is 332 g/mol. The Hall–Kier alpha value is -2.50. The molecule has 0 unspecified atom stereocenters. The van der Waals surface area contributed by atoms with E-state index in [0.29, 0.717) is 5.82 Å². The molecule has 1 aromatic heterocycles. The van der Waals surface area contributed by atoms with Crippen molar-refractivity contribution in [2.75, 3.05) is 7.11 Å². The van der Waals surface area contributed by atoms with Gasteiger partial charge in [0, 0.05) is 6.20 Å². The van der Waals surface area contributed by atoms with Crippen molar-refractivity contribution in [3.63, 3.8) is 0 Å². The van der Waals surface area contributed by atoms with Crippen LogP contribution in [0.1, 0.15) is 42.6 Å². The van der Waals surface area contributed by atoms with Crippen molar-refractivity contribution >= 4 is 5.57 Å². The first kappa shape index (κ1) is 16.4. The predicted octanol–water partition coefficient (Wildman–Crippen LogP) is 4.57. The van der Waals surface area contributed by atoms with Crippen LogP contribution in [0.3, 0.4) is 0 Å². The minimum atomic E-state index is -2.68. The zero-order valence-corrected chi connectivity index (χ0v) is 13.3. The smallest absolute Gasteiger partial charge is 0.270 e. The highest BCUT2D eigenvalue weighted by Crippen LogP contribution is 2.31. The second kappa shape index (κ2) is 7.38. The Morgan fingerprint density at radius 2 is 2.00 bits per heavy atom. The third-order valence-electron chi connectivity index (χ3n) is 3.88. The maximum absolute atomic E-state index is 13.2. The largest absolute Gasteiger partial charge is 0.497 e. The highest BCUT2D eigenvalue weighted by atomic mass is 19.3. The van der Waals surface area contributed by atoms with E-state index in [4.69, 9.17) is 9.47 Å². The fourth-order valence-corrected chi connectivity index (χ4v) is 2.54. The van der Waals surface area contributed by atoms with E-state index in [9.17, 15) is 8.78 Å². The molecule has 0 amide bonds. The van der Waals surface area contributed by atoms with Crippen LogP contribution in [-0.2, 0) is 6.61 Å². The minimum Gasteiger partial charge on any atom is -0.497 e. The molecule has 6 heteroatoms. The molecule has 0 aliphatic heterocycles. The van der Waals surface area contributed by atoms with E-state index >= 15 is 0 Å². The number of allylic oxidation sites excluding steroid dienone is 2.